The fraction of sp³-hybridized carbons (Fsp3) is 0.217. The lowest BCUT2D eigenvalue weighted by molar-refractivity contribution is -0.384. The van der Waals surface area contributed by atoms with Gasteiger partial charge < -0.3 is 15.8 Å². The van der Waals surface area contributed by atoms with Gasteiger partial charge in [-0.25, -0.2) is 0 Å². The number of esters is 1. The van der Waals surface area contributed by atoms with Crippen LogP contribution in [0.4, 0.5) is 5.69 Å². The second-order valence-corrected chi connectivity index (χ2v) is 7.23. The smallest absolute Gasteiger partial charge is 0.306 e. The van der Waals surface area contributed by atoms with E-state index in [0.29, 0.717) is 11.1 Å². The van der Waals surface area contributed by atoms with Crippen molar-refractivity contribution in [2.75, 3.05) is 6.61 Å². The van der Waals surface area contributed by atoms with E-state index in [9.17, 15) is 24.5 Å². The number of rotatable bonds is 9. The van der Waals surface area contributed by atoms with Crippen molar-refractivity contribution >= 4 is 34.4 Å². The number of ether oxygens (including phenoxy) is 1. The SMILES string of the molecule is CCOC(=O)C[C@H](c1ccc([N+](=O)[O-])cc1)[C@H](NC(=O)c1cnc2ccccc2c1)C(N)=O. The third-order valence-electron chi connectivity index (χ3n) is 5.07. The van der Waals surface area contributed by atoms with Gasteiger partial charge in [-0.2, -0.15) is 0 Å². The normalized spacial score (nSPS) is 12.5. The van der Waals surface area contributed by atoms with Crippen molar-refractivity contribution in [2.45, 2.75) is 25.3 Å². The van der Waals surface area contributed by atoms with E-state index in [1.807, 2.05) is 12.1 Å². The number of pyridine rings is 1. The summed E-state index contributed by atoms with van der Waals surface area (Å²) in [5, 5.41) is 14.3. The number of hydrogen-bond donors (Lipinski definition) is 2. The van der Waals surface area contributed by atoms with Gasteiger partial charge in [0.25, 0.3) is 11.6 Å². The molecule has 3 N–H and O–H groups in total. The number of para-hydroxylation sites is 1. The van der Waals surface area contributed by atoms with E-state index < -0.39 is 34.7 Å². The van der Waals surface area contributed by atoms with Gasteiger partial charge >= 0.3 is 5.97 Å². The predicted octanol–water partition coefficient (Wildman–Crippen LogP) is 2.46. The molecule has 3 rings (SSSR count). The molecule has 1 heterocycles. The van der Waals surface area contributed by atoms with Crippen LogP contribution in [0.5, 0.6) is 0 Å². The van der Waals surface area contributed by atoms with Crippen LogP contribution in [-0.2, 0) is 14.3 Å². The first-order chi connectivity index (χ1) is 15.8. The second-order valence-electron chi connectivity index (χ2n) is 7.23. The van der Waals surface area contributed by atoms with Gasteiger partial charge in [0.05, 0.1) is 29.0 Å². The number of benzene rings is 2. The van der Waals surface area contributed by atoms with E-state index in [4.69, 9.17) is 10.5 Å². The monoisotopic (exact) mass is 450 g/mol. The van der Waals surface area contributed by atoms with Crippen LogP contribution in [-0.4, -0.2) is 40.3 Å². The van der Waals surface area contributed by atoms with Crippen LogP contribution in [0.3, 0.4) is 0 Å². The molecule has 0 aliphatic carbocycles. The average Bonchev–Trinajstić information content (AvgIpc) is 2.81. The molecular weight excluding hydrogens is 428 g/mol. The summed E-state index contributed by atoms with van der Waals surface area (Å²) in [6.45, 7) is 1.76. The zero-order chi connectivity index (χ0) is 24.0. The number of carbonyl (C=O) groups excluding carboxylic acids is 3. The predicted molar refractivity (Wildman–Crippen MR) is 119 cm³/mol. The maximum atomic E-state index is 12.9. The van der Waals surface area contributed by atoms with E-state index in [2.05, 4.69) is 10.3 Å². The van der Waals surface area contributed by atoms with E-state index >= 15 is 0 Å². The van der Waals surface area contributed by atoms with Crippen molar-refractivity contribution < 1.29 is 24.0 Å². The van der Waals surface area contributed by atoms with Crippen LogP contribution in [0.15, 0.2) is 60.8 Å². The van der Waals surface area contributed by atoms with Gasteiger partial charge in [0.2, 0.25) is 5.91 Å². The molecule has 0 saturated carbocycles. The molecule has 10 heteroatoms. The molecule has 2 atom stereocenters. The zero-order valence-corrected chi connectivity index (χ0v) is 17.8. The number of carbonyl (C=O) groups is 3. The molecule has 0 spiro atoms. The first kappa shape index (κ1) is 23.3. The Hall–Kier alpha value is -4.34. The number of hydrogen-bond acceptors (Lipinski definition) is 7. The number of nitro groups is 1. The topological polar surface area (TPSA) is 155 Å². The highest BCUT2D eigenvalue weighted by atomic mass is 16.6. The van der Waals surface area contributed by atoms with Crippen molar-refractivity contribution in [3.05, 3.63) is 82.0 Å². The lowest BCUT2D eigenvalue weighted by Gasteiger charge is -2.25. The molecule has 0 aliphatic rings. The number of nitrogens with zero attached hydrogens (tertiary/aromatic N) is 2. The molecular formula is C23H22N4O6. The number of fused-ring (bicyclic) bond motifs is 1. The van der Waals surface area contributed by atoms with Crippen LogP contribution >= 0.6 is 0 Å². The Labute approximate surface area is 188 Å². The Bertz CT molecular complexity index is 1200. The van der Waals surface area contributed by atoms with Crippen LogP contribution in [0.25, 0.3) is 10.9 Å². The zero-order valence-electron chi connectivity index (χ0n) is 17.8. The summed E-state index contributed by atoms with van der Waals surface area (Å²) < 4.78 is 5.00. The maximum absolute atomic E-state index is 12.9. The average molecular weight is 450 g/mol. The molecule has 1 aromatic heterocycles. The van der Waals surface area contributed by atoms with Crippen LogP contribution in [0, 0.1) is 10.1 Å². The summed E-state index contributed by atoms with van der Waals surface area (Å²) in [4.78, 5) is 52.1. The van der Waals surface area contributed by atoms with E-state index in [1.165, 1.54) is 30.5 Å². The van der Waals surface area contributed by atoms with Crippen molar-refractivity contribution in [1.82, 2.24) is 10.3 Å². The van der Waals surface area contributed by atoms with E-state index in [1.54, 1.807) is 25.1 Å². The molecule has 0 saturated heterocycles. The van der Waals surface area contributed by atoms with Gasteiger partial charge in [-0.1, -0.05) is 30.3 Å². The van der Waals surface area contributed by atoms with Gasteiger partial charge in [-0.3, -0.25) is 29.5 Å². The van der Waals surface area contributed by atoms with Crippen molar-refractivity contribution in [2.24, 2.45) is 5.73 Å². The number of nitro benzene ring substituents is 1. The van der Waals surface area contributed by atoms with Gasteiger partial charge in [0.1, 0.15) is 6.04 Å². The lowest BCUT2D eigenvalue weighted by Crippen LogP contribution is -2.48. The summed E-state index contributed by atoms with van der Waals surface area (Å²) >= 11 is 0. The van der Waals surface area contributed by atoms with Crippen molar-refractivity contribution in [1.29, 1.82) is 0 Å². The first-order valence-electron chi connectivity index (χ1n) is 10.1. The largest absolute Gasteiger partial charge is 0.466 e. The van der Waals surface area contributed by atoms with Crippen LogP contribution in [0.2, 0.25) is 0 Å². The van der Waals surface area contributed by atoms with Crippen LogP contribution in [0.1, 0.15) is 35.2 Å². The first-order valence-corrected chi connectivity index (χ1v) is 10.1. The van der Waals surface area contributed by atoms with Gasteiger partial charge in [-0.15, -0.1) is 0 Å². The molecule has 33 heavy (non-hydrogen) atoms. The molecule has 0 fully saturated rings. The lowest BCUT2D eigenvalue weighted by atomic mass is 9.87. The maximum Gasteiger partial charge on any atom is 0.306 e. The highest BCUT2D eigenvalue weighted by Crippen LogP contribution is 2.27. The molecule has 170 valence electrons. The molecule has 2 aromatic carbocycles. The quantitative estimate of drug-likeness (QED) is 0.288. The Morgan fingerprint density at radius 3 is 2.48 bits per heavy atom. The molecule has 3 aromatic rings. The van der Waals surface area contributed by atoms with Crippen LogP contribution < -0.4 is 11.1 Å². The summed E-state index contributed by atoms with van der Waals surface area (Å²) in [7, 11) is 0. The molecule has 10 nitrogen and oxygen atoms in total. The van der Waals surface area contributed by atoms with E-state index in [0.717, 1.165) is 5.39 Å². The number of nitrogens with two attached hydrogens (primary N) is 1. The number of non-ortho nitro benzene ring substituents is 1. The summed E-state index contributed by atoms with van der Waals surface area (Å²) in [5.74, 6) is -2.98. The number of amides is 2. The molecule has 0 bridgehead atoms. The Kier molecular flexibility index (Phi) is 7.29. The highest BCUT2D eigenvalue weighted by Gasteiger charge is 2.32. The highest BCUT2D eigenvalue weighted by molar-refractivity contribution is 6.00. The third-order valence-corrected chi connectivity index (χ3v) is 5.07. The Balaban J connectivity index is 1.92. The van der Waals surface area contributed by atoms with Gasteiger partial charge in [0.15, 0.2) is 0 Å². The number of aromatic nitrogens is 1. The molecule has 0 aliphatic heterocycles. The van der Waals surface area contributed by atoms with Crippen molar-refractivity contribution in [3.63, 3.8) is 0 Å². The van der Waals surface area contributed by atoms with Gasteiger partial charge in [-0.05, 0) is 24.6 Å². The molecule has 0 radical (unpaired) electrons. The summed E-state index contributed by atoms with van der Waals surface area (Å²) in [6.07, 6.45) is 1.11. The minimum Gasteiger partial charge on any atom is -0.466 e. The second kappa shape index (κ2) is 10.3. The fourth-order valence-corrected chi connectivity index (χ4v) is 3.46. The number of nitrogens with one attached hydrogen (secondary N) is 1. The Morgan fingerprint density at radius 2 is 1.85 bits per heavy atom. The minimum atomic E-state index is -1.28. The molecule has 0 unspecified atom stereocenters. The summed E-state index contributed by atoms with van der Waals surface area (Å²) in [5.41, 5.74) is 6.75. The van der Waals surface area contributed by atoms with E-state index in [-0.39, 0.29) is 24.3 Å². The number of primary amides is 1. The summed E-state index contributed by atoms with van der Waals surface area (Å²) in [6, 6.07) is 12.9. The standard InChI is InChI=1S/C23H22N4O6/c1-2-33-20(28)12-18(14-7-9-17(10-8-14)27(31)32)21(22(24)29)26-23(30)16-11-15-5-3-4-6-19(15)25-13-16/h3-11,13,18,21H,2,12H2,1H3,(H2,24,29)(H,26,30)/t18-,21+/m1/s1. The third kappa shape index (κ3) is 5.67. The Morgan fingerprint density at radius 1 is 1.15 bits per heavy atom. The minimum absolute atomic E-state index is 0.127. The van der Waals surface area contributed by atoms with Crippen molar-refractivity contribution in [3.8, 4) is 0 Å². The fourth-order valence-electron chi connectivity index (χ4n) is 3.46. The molecule has 2 amide bonds. The van der Waals surface area contributed by atoms with Gasteiger partial charge in [0, 0.05) is 29.6 Å².